The highest BCUT2D eigenvalue weighted by Crippen LogP contribution is 2.40. The molecule has 1 aliphatic heterocycles. The maximum atomic E-state index is 11.5. The van der Waals surface area contributed by atoms with Crippen LogP contribution in [0.1, 0.15) is 56.6 Å². The minimum Gasteiger partial charge on any atom is -0.485 e. The molecule has 1 aromatic carbocycles. The number of ether oxygens (including phenoxy) is 1. The number of halogens is 1. The van der Waals surface area contributed by atoms with Crippen LogP contribution in [0.2, 0.25) is 0 Å². The molecule has 1 heterocycles. The third kappa shape index (κ3) is 3.57. The van der Waals surface area contributed by atoms with Gasteiger partial charge in [0, 0.05) is 17.2 Å². The number of carbonyl (C=O) groups is 1. The number of nitrogens with one attached hydrogen (secondary N) is 1. The van der Waals surface area contributed by atoms with Crippen LogP contribution in [0.15, 0.2) is 18.2 Å². The van der Waals surface area contributed by atoms with Crippen molar-refractivity contribution in [3.63, 3.8) is 0 Å². The average Bonchev–Trinajstić information content (AvgIpc) is 2.33. The Morgan fingerprint density at radius 3 is 2.52 bits per heavy atom. The van der Waals surface area contributed by atoms with E-state index in [4.69, 9.17) is 4.74 Å². The number of carbonyl (C=O) groups excluding carboxylic acids is 1. The Bertz CT molecular complexity index is 528. The zero-order chi connectivity index (χ0) is 15.1. The van der Waals surface area contributed by atoms with Crippen LogP contribution in [0, 0.1) is 0 Å². The Kier molecular flexibility index (Phi) is 5.42. The monoisotopic (exact) mass is 313 g/mol. The smallest absolute Gasteiger partial charge is 0.159 e. The molecule has 0 saturated carbocycles. The lowest BCUT2D eigenvalue weighted by Crippen LogP contribution is -2.53. The molecule has 4 nitrogen and oxygen atoms in total. The Balaban J connectivity index is 0.00000220. The van der Waals surface area contributed by atoms with Crippen LogP contribution >= 0.6 is 12.4 Å². The van der Waals surface area contributed by atoms with Crippen molar-refractivity contribution in [2.45, 2.75) is 58.4 Å². The molecule has 0 unspecified atom stereocenters. The van der Waals surface area contributed by atoms with Gasteiger partial charge in [-0.3, -0.25) is 4.79 Å². The predicted octanol–water partition coefficient (Wildman–Crippen LogP) is 2.88. The first-order valence-corrected chi connectivity index (χ1v) is 7.00. The van der Waals surface area contributed by atoms with Crippen molar-refractivity contribution < 1.29 is 14.6 Å². The summed E-state index contributed by atoms with van der Waals surface area (Å²) in [5.41, 5.74) is 0.810. The highest BCUT2D eigenvalue weighted by molar-refractivity contribution is 5.94. The summed E-state index contributed by atoms with van der Waals surface area (Å²) < 4.78 is 5.88. The van der Waals surface area contributed by atoms with Gasteiger partial charge in [0.2, 0.25) is 0 Å². The van der Waals surface area contributed by atoms with E-state index in [9.17, 15) is 9.90 Å². The minimum atomic E-state index is -0.681. The van der Waals surface area contributed by atoms with Crippen LogP contribution in [0.3, 0.4) is 0 Å². The number of aliphatic hydroxyl groups is 1. The standard InChI is InChI=1S/C16H23NO3.ClH/c1-9(2)17-14-12-8-11(10(3)18)6-7-13(12)20-16(4,5)15(14)19;/h6-9,14-15,17,19H,1-5H3;1H/t14-,15+;/m0./s1. The second kappa shape index (κ2) is 6.34. The Hall–Kier alpha value is -1.10. The summed E-state index contributed by atoms with van der Waals surface area (Å²) in [6, 6.07) is 5.37. The van der Waals surface area contributed by atoms with E-state index in [2.05, 4.69) is 5.32 Å². The highest BCUT2D eigenvalue weighted by Gasteiger charge is 2.43. The van der Waals surface area contributed by atoms with Crippen molar-refractivity contribution in [2.24, 2.45) is 0 Å². The van der Waals surface area contributed by atoms with Gasteiger partial charge in [-0.25, -0.2) is 0 Å². The zero-order valence-corrected chi connectivity index (χ0v) is 14.0. The number of benzene rings is 1. The van der Waals surface area contributed by atoms with E-state index < -0.39 is 11.7 Å². The Morgan fingerprint density at radius 2 is 2.00 bits per heavy atom. The first kappa shape index (κ1) is 18.0. The van der Waals surface area contributed by atoms with Crippen molar-refractivity contribution >= 4 is 18.2 Å². The van der Waals surface area contributed by atoms with Gasteiger partial charge in [0.25, 0.3) is 0 Å². The average molecular weight is 314 g/mol. The Morgan fingerprint density at radius 1 is 1.38 bits per heavy atom. The van der Waals surface area contributed by atoms with Gasteiger partial charge in [-0.1, -0.05) is 13.8 Å². The van der Waals surface area contributed by atoms with E-state index in [0.717, 1.165) is 11.3 Å². The third-order valence-corrected chi connectivity index (χ3v) is 3.67. The van der Waals surface area contributed by atoms with Gasteiger partial charge in [0.1, 0.15) is 17.5 Å². The van der Waals surface area contributed by atoms with Crippen LogP contribution in [-0.2, 0) is 0 Å². The predicted molar refractivity (Wildman–Crippen MR) is 85.4 cm³/mol. The molecular formula is C16H24ClNO3. The van der Waals surface area contributed by atoms with Crippen LogP contribution in [0.25, 0.3) is 0 Å². The number of hydrogen-bond donors (Lipinski definition) is 2. The molecule has 1 aromatic rings. The first-order chi connectivity index (χ1) is 9.22. The lowest BCUT2D eigenvalue weighted by molar-refractivity contribution is -0.0658. The number of ketones is 1. The molecule has 0 amide bonds. The molecule has 0 radical (unpaired) electrons. The van der Waals surface area contributed by atoms with Crippen LogP contribution in [0.5, 0.6) is 5.75 Å². The topological polar surface area (TPSA) is 58.6 Å². The molecule has 2 rings (SSSR count). The van der Waals surface area contributed by atoms with E-state index >= 15 is 0 Å². The first-order valence-electron chi connectivity index (χ1n) is 7.00. The number of aliphatic hydroxyl groups excluding tert-OH is 1. The fourth-order valence-electron chi connectivity index (χ4n) is 2.56. The summed E-state index contributed by atoms with van der Waals surface area (Å²) in [7, 11) is 0. The normalized spacial score (nSPS) is 23.0. The molecule has 0 aliphatic carbocycles. The molecule has 0 saturated heterocycles. The quantitative estimate of drug-likeness (QED) is 0.842. The zero-order valence-electron chi connectivity index (χ0n) is 13.1. The van der Waals surface area contributed by atoms with Crippen LogP contribution in [-0.4, -0.2) is 28.6 Å². The van der Waals surface area contributed by atoms with Crippen LogP contribution in [0.4, 0.5) is 0 Å². The number of Topliss-reactive ketones (excluding diaryl/α,β-unsaturated/α-hetero) is 1. The lowest BCUT2D eigenvalue weighted by atomic mass is 9.85. The van der Waals surface area contributed by atoms with Crippen LogP contribution < -0.4 is 10.1 Å². The van der Waals surface area contributed by atoms with Crippen molar-refractivity contribution in [2.75, 3.05) is 0 Å². The second-order valence-electron chi connectivity index (χ2n) is 6.26. The third-order valence-electron chi connectivity index (χ3n) is 3.67. The van der Waals surface area contributed by atoms with Crippen molar-refractivity contribution in [3.8, 4) is 5.75 Å². The van der Waals surface area contributed by atoms with Gasteiger partial charge in [-0.15, -0.1) is 12.4 Å². The van der Waals surface area contributed by atoms with Crippen molar-refractivity contribution in [3.05, 3.63) is 29.3 Å². The van der Waals surface area contributed by atoms with Crippen molar-refractivity contribution in [1.82, 2.24) is 5.32 Å². The van der Waals surface area contributed by atoms with E-state index in [1.807, 2.05) is 39.8 Å². The van der Waals surface area contributed by atoms with Gasteiger partial charge >= 0.3 is 0 Å². The van der Waals surface area contributed by atoms with Gasteiger partial charge in [-0.05, 0) is 39.0 Å². The number of hydrogen-bond acceptors (Lipinski definition) is 4. The number of rotatable bonds is 3. The molecule has 5 heteroatoms. The lowest BCUT2D eigenvalue weighted by Gasteiger charge is -2.43. The molecule has 118 valence electrons. The van der Waals surface area contributed by atoms with Gasteiger partial charge in [0.15, 0.2) is 5.78 Å². The molecule has 0 aromatic heterocycles. The summed E-state index contributed by atoms with van der Waals surface area (Å²) in [5, 5.41) is 13.9. The maximum Gasteiger partial charge on any atom is 0.159 e. The summed E-state index contributed by atoms with van der Waals surface area (Å²) in [5.74, 6) is 0.735. The fraction of sp³-hybridized carbons (Fsp3) is 0.562. The summed E-state index contributed by atoms with van der Waals surface area (Å²) in [6.07, 6.45) is -0.681. The molecular weight excluding hydrogens is 290 g/mol. The maximum absolute atomic E-state index is 11.5. The molecule has 0 bridgehead atoms. The summed E-state index contributed by atoms with van der Waals surface area (Å²) >= 11 is 0. The SMILES string of the molecule is CC(=O)c1ccc2c(c1)[C@H](NC(C)C)[C@@H](O)C(C)(C)O2.Cl. The van der Waals surface area contributed by atoms with E-state index in [1.54, 1.807) is 6.07 Å². The van der Waals surface area contributed by atoms with Gasteiger partial charge in [-0.2, -0.15) is 0 Å². The van der Waals surface area contributed by atoms with Gasteiger partial charge in [0.05, 0.1) is 6.04 Å². The van der Waals surface area contributed by atoms with Gasteiger partial charge < -0.3 is 15.2 Å². The van der Waals surface area contributed by atoms with E-state index in [1.165, 1.54) is 6.92 Å². The molecule has 21 heavy (non-hydrogen) atoms. The number of fused-ring (bicyclic) bond motifs is 1. The summed E-state index contributed by atoms with van der Waals surface area (Å²) in [6.45, 7) is 9.34. The second-order valence-corrected chi connectivity index (χ2v) is 6.26. The minimum absolute atomic E-state index is 0. The molecule has 1 aliphatic rings. The highest BCUT2D eigenvalue weighted by atomic mass is 35.5. The van der Waals surface area contributed by atoms with E-state index in [0.29, 0.717) is 5.56 Å². The van der Waals surface area contributed by atoms with E-state index in [-0.39, 0.29) is 30.3 Å². The molecule has 2 N–H and O–H groups in total. The van der Waals surface area contributed by atoms with Crippen molar-refractivity contribution in [1.29, 1.82) is 0 Å². The molecule has 0 spiro atoms. The molecule has 2 atom stereocenters. The Labute approximate surface area is 132 Å². The summed E-state index contributed by atoms with van der Waals surface area (Å²) in [4.78, 5) is 11.5. The largest absolute Gasteiger partial charge is 0.485 e. The fourth-order valence-corrected chi connectivity index (χ4v) is 2.56. The molecule has 0 fully saturated rings.